The molecule has 2 atom stereocenters. The average Bonchev–Trinajstić information content (AvgIpc) is 3.37. The van der Waals surface area contributed by atoms with Gasteiger partial charge in [-0.2, -0.15) is 0 Å². The third kappa shape index (κ3) is 57.6. The zero-order valence-electron chi connectivity index (χ0n) is 46.7. The van der Waals surface area contributed by atoms with Gasteiger partial charge in [0, 0.05) is 6.42 Å². The molecule has 4 nitrogen and oxygen atoms in total. The van der Waals surface area contributed by atoms with Gasteiger partial charge >= 0.3 is 0 Å². The smallest absolute Gasteiger partial charge is 0.220 e. The van der Waals surface area contributed by atoms with Gasteiger partial charge in [-0.15, -0.1) is 0 Å². The molecule has 1 amide bonds. The van der Waals surface area contributed by atoms with Crippen LogP contribution in [0.5, 0.6) is 0 Å². The molecule has 2 unspecified atom stereocenters. The highest BCUT2D eigenvalue weighted by Gasteiger charge is 2.18. The Bertz CT molecular complexity index is 1390. The molecule has 0 saturated heterocycles. The summed E-state index contributed by atoms with van der Waals surface area (Å²) in [5.41, 5.74) is 0. The van der Waals surface area contributed by atoms with Crippen molar-refractivity contribution in [2.45, 2.75) is 289 Å². The van der Waals surface area contributed by atoms with E-state index >= 15 is 0 Å². The van der Waals surface area contributed by atoms with E-state index in [0.29, 0.717) is 6.42 Å². The average molecular weight is 983 g/mol. The van der Waals surface area contributed by atoms with E-state index in [1.54, 1.807) is 6.08 Å². The lowest BCUT2D eigenvalue weighted by Crippen LogP contribution is -2.45. The lowest BCUT2D eigenvalue weighted by atomic mass is 10.0. The highest BCUT2D eigenvalue weighted by Crippen LogP contribution is 2.16. The molecule has 0 aromatic heterocycles. The molecule has 0 rings (SSSR count). The van der Waals surface area contributed by atoms with E-state index in [2.05, 4.69) is 129 Å². The number of rotatable bonds is 54. The Morgan fingerprint density at radius 2 is 0.634 bits per heavy atom. The highest BCUT2D eigenvalue weighted by atomic mass is 16.3. The Kier molecular flexibility index (Phi) is 58.3. The monoisotopic (exact) mass is 982 g/mol. The number of carbonyl (C=O) groups is 1. The van der Waals surface area contributed by atoms with Crippen LogP contribution in [-0.4, -0.2) is 34.9 Å². The minimum absolute atomic E-state index is 0.0767. The van der Waals surface area contributed by atoms with Crippen molar-refractivity contribution in [1.82, 2.24) is 5.32 Å². The van der Waals surface area contributed by atoms with E-state index in [4.69, 9.17) is 0 Å². The molecule has 0 radical (unpaired) electrons. The van der Waals surface area contributed by atoms with Gasteiger partial charge in [-0.25, -0.2) is 0 Å². The third-order valence-corrected chi connectivity index (χ3v) is 13.2. The first kappa shape index (κ1) is 67.8. The van der Waals surface area contributed by atoms with Crippen molar-refractivity contribution < 1.29 is 15.0 Å². The van der Waals surface area contributed by atoms with E-state index < -0.39 is 12.1 Å². The first-order chi connectivity index (χ1) is 35.2. The minimum Gasteiger partial charge on any atom is -0.394 e. The SMILES string of the molecule is CC/C=C\C/C=C\C/C=C\C/C=C\C/C=C\C/C=C\C/C=C\C/C=C\CCCCCCCCCCCCCCCCC(=O)NC(CO)C(O)/C=C/CC/C=C/CCCCCCCCCCCCCCCC. The van der Waals surface area contributed by atoms with Crippen LogP contribution in [0.4, 0.5) is 0 Å². The van der Waals surface area contributed by atoms with Gasteiger partial charge in [0.25, 0.3) is 0 Å². The van der Waals surface area contributed by atoms with Crippen LogP contribution in [0.25, 0.3) is 0 Å². The summed E-state index contributed by atoms with van der Waals surface area (Å²) in [6, 6.07) is -0.647. The summed E-state index contributed by atoms with van der Waals surface area (Å²) in [6.07, 6.45) is 93.7. The van der Waals surface area contributed by atoms with Crippen molar-refractivity contribution >= 4 is 5.91 Å². The first-order valence-corrected chi connectivity index (χ1v) is 30.2. The summed E-state index contributed by atoms with van der Waals surface area (Å²) in [4.78, 5) is 12.5. The van der Waals surface area contributed by atoms with Crippen molar-refractivity contribution in [2.24, 2.45) is 0 Å². The van der Waals surface area contributed by atoms with Crippen LogP contribution >= 0.6 is 0 Å². The summed E-state index contributed by atoms with van der Waals surface area (Å²) in [5.74, 6) is -0.0767. The van der Waals surface area contributed by atoms with Crippen LogP contribution in [0.15, 0.2) is 122 Å². The van der Waals surface area contributed by atoms with Crippen LogP contribution in [0.1, 0.15) is 277 Å². The highest BCUT2D eigenvalue weighted by molar-refractivity contribution is 5.76. The Morgan fingerprint density at radius 3 is 0.986 bits per heavy atom. The molecule has 3 N–H and O–H groups in total. The maximum atomic E-state index is 12.5. The third-order valence-electron chi connectivity index (χ3n) is 13.2. The lowest BCUT2D eigenvalue weighted by molar-refractivity contribution is -0.123. The van der Waals surface area contributed by atoms with Gasteiger partial charge in [-0.05, 0) is 96.3 Å². The Morgan fingerprint density at radius 1 is 0.352 bits per heavy atom. The number of allylic oxidation sites excluding steroid dienone is 19. The normalized spacial score (nSPS) is 13.7. The minimum atomic E-state index is -0.869. The lowest BCUT2D eigenvalue weighted by Gasteiger charge is -2.19. The molecule has 0 heterocycles. The second-order valence-corrected chi connectivity index (χ2v) is 20.0. The fraction of sp³-hybridized carbons (Fsp3) is 0.687. The molecular formula is C67H115NO3. The molecule has 0 bridgehead atoms. The zero-order valence-corrected chi connectivity index (χ0v) is 46.7. The van der Waals surface area contributed by atoms with E-state index in [9.17, 15) is 15.0 Å². The Balaban J connectivity index is 3.57. The summed E-state index contributed by atoms with van der Waals surface area (Å²) < 4.78 is 0. The molecule has 0 saturated carbocycles. The van der Waals surface area contributed by atoms with Crippen LogP contribution in [0.3, 0.4) is 0 Å². The molecule has 0 aromatic carbocycles. The number of hydrogen-bond acceptors (Lipinski definition) is 3. The van der Waals surface area contributed by atoms with Gasteiger partial charge in [0.15, 0.2) is 0 Å². The van der Waals surface area contributed by atoms with E-state index in [1.807, 2.05) is 6.08 Å². The molecule has 0 aliphatic heterocycles. The zero-order chi connectivity index (χ0) is 51.3. The number of aliphatic hydroxyl groups is 2. The standard InChI is InChI=1S/C67H115NO3/c1-3-5-7-9-11-13-15-17-19-21-23-25-26-27-28-29-30-31-32-33-34-35-36-37-38-39-40-41-42-43-45-47-49-51-53-55-57-59-61-63-67(71)68-65(64-69)66(70)62-60-58-56-54-52-50-48-46-44-24-22-20-18-16-14-12-10-8-6-4-2/h5,7,11,13,17,19,23,25,27-28,30-31,33-34,36-37,52,54,60,62,65-66,69-70H,3-4,6,8-10,12,14-16,18,20-22,24,26,29,32,35,38-51,53,55-59,61,63-64H2,1-2H3,(H,68,71)/b7-5-,13-11-,19-17-,25-23-,28-27-,31-30-,34-33-,37-36-,54-52+,62-60+. The van der Waals surface area contributed by atoms with E-state index in [1.165, 1.54) is 173 Å². The van der Waals surface area contributed by atoms with Crippen molar-refractivity contribution in [3.63, 3.8) is 0 Å². The molecular weight excluding hydrogens is 867 g/mol. The second-order valence-electron chi connectivity index (χ2n) is 20.0. The Hall–Kier alpha value is -3.21. The fourth-order valence-electron chi connectivity index (χ4n) is 8.62. The second kappa shape index (κ2) is 61.1. The molecule has 406 valence electrons. The summed E-state index contributed by atoms with van der Waals surface area (Å²) in [6.45, 7) is 4.19. The van der Waals surface area contributed by atoms with Crippen molar-refractivity contribution in [1.29, 1.82) is 0 Å². The topological polar surface area (TPSA) is 69.6 Å². The number of unbranched alkanes of at least 4 members (excludes halogenated alkanes) is 29. The molecule has 0 aliphatic carbocycles. The van der Waals surface area contributed by atoms with Gasteiger partial charge < -0.3 is 15.5 Å². The molecule has 0 aliphatic rings. The fourth-order valence-corrected chi connectivity index (χ4v) is 8.62. The summed E-state index contributed by atoms with van der Waals surface area (Å²) in [7, 11) is 0. The van der Waals surface area contributed by atoms with Crippen molar-refractivity contribution in [3.05, 3.63) is 122 Å². The maximum absolute atomic E-state index is 12.5. The van der Waals surface area contributed by atoms with E-state index in [-0.39, 0.29) is 12.5 Å². The van der Waals surface area contributed by atoms with Gasteiger partial charge in [-0.3, -0.25) is 4.79 Å². The van der Waals surface area contributed by atoms with E-state index in [0.717, 1.165) is 83.5 Å². The number of hydrogen-bond donors (Lipinski definition) is 3. The van der Waals surface area contributed by atoms with Crippen molar-refractivity contribution in [3.8, 4) is 0 Å². The quantitative estimate of drug-likeness (QED) is 0.0420. The molecule has 0 aromatic rings. The summed E-state index contributed by atoms with van der Waals surface area (Å²) >= 11 is 0. The number of nitrogens with one attached hydrogen (secondary N) is 1. The van der Waals surface area contributed by atoms with Crippen LogP contribution in [0.2, 0.25) is 0 Å². The van der Waals surface area contributed by atoms with Gasteiger partial charge in [-0.1, -0.05) is 296 Å². The van der Waals surface area contributed by atoms with Crippen LogP contribution in [0, 0.1) is 0 Å². The maximum Gasteiger partial charge on any atom is 0.220 e. The predicted octanol–water partition coefficient (Wildman–Crippen LogP) is 20.4. The molecule has 4 heteroatoms. The summed E-state index contributed by atoms with van der Waals surface area (Å²) in [5, 5.41) is 23.2. The Labute approximate surface area is 441 Å². The number of carbonyl (C=O) groups excluding carboxylic acids is 1. The van der Waals surface area contributed by atoms with Gasteiger partial charge in [0.2, 0.25) is 5.91 Å². The van der Waals surface area contributed by atoms with Crippen LogP contribution in [-0.2, 0) is 4.79 Å². The largest absolute Gasteiger partial charge is 0.394 e. The number of aliphatic hydroxyl groups excluding tert-OH is 2. The molecule has 0 spiro atoms. The molecule has 71 heavy (non-hydrogen) atoms. The van der Waals surface area contributed by atoms with Crippen LogP contribution < -0.4 is 5.32 Å². The predicted molar refractivity (Wildman–Crippen MR) is 317 cm³/mol. The van der Waals surface area contributed by atoms with Gasteiger partial charge in [0.1, 0.15) is 0 Å². The number of amides is 1. The molecule has 0 fully saturated rings. The van der Waals surface area contributed by atoms with Crippen molar-refractivity contribution in [2.75, 3.05) is 6.61 Å². The van der Waals surface area contributed by atoms with Gasteiger partial charge in [0.05, 0.1) is 18.8 Å². The first-order valence-electron chi connectivity index (χ1n) is 30.2.